The van der Waals surface area contributed by atoms with Gasteiger partial charge in [-0.3, -0.25) is 9.20 Å². The lowest BCUT2D eigenvalue weighted by molar-refractivity contribution is 0.0694. The molecular formula is C19H18F2N4O5S2. The molecular weight excluding hydrogens is 466 g/mol. The molecule has 170 valence electrons. The van der Waals surface area contributed by atoms with Crippen molar-refractivity contribution < 1.29 is 30.4 Å². The largest absolute Gasteiger partial charge is 0.335 e. The molecule has 1 saturated heterocycles. The van der Waals surface area contributed by atoms with Gasteiger partial charge in [0.15, 0.2) is 5.69 Å². The van der Waals surface area contributed by atoms with Crippen LogP contribution < -0.4 is 0 Å². The van der Waals surface area contributed by atoms with Crippen molar-refractivity contribution in [3.63, 3.8) is 0 Å². The molecule has 1 amide bonds. The highest BCUT2D eigenvalue weighted by molar-refractivity contribution is 7.90. The highest BCUT2D eigenvalue weighted by atomic mass is 32.2. The molecule has 3 heterocycles. The van der Waals surface area contributed by atoms with Gasteiger partial charge in [-0.2, -0.15) is 4.31 Å². The molecule has 32 heavy (non-hydrogen) atoms. The highest BCUT2D eigenvalue weighted by Gasteiger charge is 2.34. The fraction of sp³-hybridized carbons (Fsp3) is 0.263. The summed E-state index contributed by atoms with van der Waals surface area (Å²) in [5.74, 6) is -2.63. The number of nitrogens with zero attached hydrogens (tertiary/aromatic N) is 4. The summed E-state index contributed by atoms with van der Waals surface area (Å²) in [7, 11) is -7.93. The Hall–Kier alpha value is -2.90. The summed E-state index contributed by atoms with van der Waals surface area (Å²) in [5.41, 5.74) is 0.244. The normalized spacial score (nSPS) is 15.9. The number of pyridine rings is 1. The number of piperazine rings is 1. The van der Waals surface area contributed by atoms with E-state index in [1.807, 2.05) is 0 Å². The van der Waals surface area contributed by atoms with Crippen LogP contribution in [0.15, 0.2) is 52.6 Å². The highest BCUT2D eigenvalue weighted by Crippen LogP contribution is 2.23. The summed E-state index contributed by atoms with van der Waals surface area (Å²) in [6, 6.07) is 7.03. The van der Waals surface area contributed by atoms with Crippen LogP contribution in [0.25, 0.3) is 5.52 Å². The minimum Gasteiger partial charge on any atom is -0.335 e. The van der Waals surface area contributed by atoms with Gasteiger partial charge in [0.2, 0.25) is 25.0 Å². The lowest BCUT2D eigenvalue weighted by atomic mass is 10.2. The standard InChI is InChI=1S/C19H18F2N4O5S2/c1-31(27,28)19-22-17(15-4-2-3-7-25(15)19)18(26)23-8-10-24(11-9-23)32(29,30)16-6-5-13(20)12-14(16)21/h2-7,12H,8-11H2,1H3. The number of aromatic nitrogens is 2. The van der Waals surface area contributed by atoms with Crippen molar-refractivity contribution in [3.05, 3.63) is 59.9 Å². The number of benzene rings is 1. The summed E-state index contributed by atoms with van der Waals surface area (Å²) in [6.45, 7) is -0.257. The van der Waals surface area contributed by atoms with E-state index >= 15 is 0 Å². The van der Waals surface area contributed by atoms with Crippen LogP contribution in [-0.2, 0) is 19.9 Å². The molecule has 2 aromatic heterocycles. The maximum absolute atomic E-state index is 14.0. The second kappa shape index (κ2) is 7.90. The fourth-order valence-corrected chi connectivity index (χ4v) is 5.77. The minimum atomic E-state index is -4.22. The number of carbonyl (C=O) groups excluding carboxylic acids is 1. The van der Waals surface area contributed by atoms with Crippen LogP contribution in [0.5, 0.6) is 0 Å². The van der Waals surface area contributed by atoms with Crippen LogP contribution in [-0.4, -0.2) is 73.8 Å². The lowest BCUT2D eigenvalue weighted by Crippen LogP contribution is -2.50. The van der Waals surface area contributed by atoms with E-state index in [1.165, 1.54) is 15.5 Å². The van der Waals surface area contributed by atoms with Crippen molar-refractivity contribution >= 4 is 31.3 Å². The SMILES string of the molecule is CS(=O)(=O)c1nc(C(=O)N2CCN(S(=O)(=O)c3ccc(F)cc3F)CC2)c2ccccn12. The van der Waals surface area contributed by atoms with Crippen LogP contribution >= 0.6 is 0 Å². The van der Waals surface area contributed by atoms with Gasteiger partial charge in [-0.1, -0.05) is 6.07 Å². The maximum atomic E-state index is 14.0. The van der Waals surface area contributed by atoms with E-state index in [4.69, 9.17) is 0 Å². The van der Waals surface area contributed by atoms with Gasteiger partial charge in [-0.15, -0.1) is 0 Å². The molecule has 0 bridgehead atoms. The van der Waals surface area contributed by atoms with E-state index in [0.717, 1.165) is 22.7 Å². The number of amides is 1. The summed E-state index contributed by atoms with van der Waals surface area (Å²) < 4.78 is 79.0. The molecule has 0 radical (unpaired) electrons. The zero-order valence-electron chi connectivity index (χ0n) is 16.8. The summed E-state index contributed by atoms with van der Waals surface area (Å²) in [5, 5.41) is -0.274. The number of carbonyl (C=O) groups is 1. The molecule has 0 aliphatic carbocycles. The molecule has 4 rings (SSSR count). The van der Waals surface area contributed by atoms with E-state index in [1.54, 1.807) is 18.2 Å². The Morgan fingerprint density at radius 1 is 1.00 bits per heavy atom. The molecule has 9 nitrogen and oxygen atoms in total. The first-order valence-electron chi connectivity index (χ1n) is 9.42. The number of halogens is 2. The minimum absolute atomic E-state index is 0.0130. The monoisotopic (exact) mass is 484 g/mol. The second-order valence-electron chi connectivity index (χ2n) is 7.24. The summed E-state index contributed by atoms with van der Waals surface area (Å²) >= 11 is 0. The van der Waals surface area contributed by atoms with Crippen molar-refractivity contribution in [3.8, 4) is 0 Å². The van der Waals surface area contributed by atoms with Crippen LogP contribution in [0.1, 0.15) is 10.5 Å². The average molecular weight is 485 g/mol. The van der Waals surface area contributed by atoms with E-state index in [2.05, 4.69) is 4.98 Å². The molecule has 1 aromatic carbocycles. The van der Waals surface area contributed by atoms with Gasteiger partial charge < -0.3 is 4.90 Å². The van der Waals surface area contributed by atoms with Gasteiger partial charge in [0.25, 0.3) is 5.91 Å². The number of sulfone groups is 1. The molecule has 1 fully saturated rings. The first kappa shape index (κ1) is 22.3. The molecule has 1 aliphatic heterocycles. The van der Waals surface area contributed by atoms with Crippen LogP contribution in [0.4, 0.5) is 8.78 Å². The Labute approximate surface area is 182 Å². The quantitative estimate of drug-likeness (QED) is 0.550. The van der Waals surface area contributed by atoms with Gasteiger partial charge in [-0.05, 0) is 24.3 Å². The number of rotatable bonds is 4. The zero-order chi connectivity index (χ0) is 23.3. The van der Waals surface area contributed by atoms with Crippen molar-refractivity contribution in [2.24, 2.45) is 0 Å². The lowest BCUT2D eigenvalue weighted by Gasteiger charge is -2.33. The summed E-state index contributed by atoms with van der Waals surface area (Å²) in [6.07, 6.45) is 2.47. The Balaban J connectivity index is 1.57. The van der Waals surface area contributed by atoms with Crippen LogP contribution in [0, 0.1) is 11.6 Å². The van der Waals surface area contributed by atoms with Crippen molar-refractivity contribution in [1.29, 1.82) is 0 Å². The zero-order valence-corrected chi connectivity index (χ0v) is 18.4. The van der Waals surface area contributed by atoms with Crippen molar-refractivity contribution in [1.82, 2.24) is 18.6 Å². The predicted molar refractivity (Wildman–Crippen MR) is 109 cm³/mol. The third kappa shape index (κ3) is 3.87. The maximum Gasteiger partial charge on any atom is 0.274 e. The number of sulfonamides is 1. The number of fused-ring (bicyclic) bond motifs is 1. The third-order valence-electron chi connectivity index (χ3n) is 5.09. The van der Waals surface area contributed by atoms with Crippen LogP contribution in [0.3, 0.4) is 0 Å². The van der Waals surface area contributed by atoms with E-state index in [9.17, 15) is 30.4 Å². The predicted octanol–water partition coefficient (Wildman–Crippen LogP) is 1.16. The van der Waals surface area contributed by atoms with Crippen LogP contribution in [0.2, 0.25) is 0 Å². The Morgan fingerprint density at radius 3 is 2.31 bits per heavy atom. The fourth-order valence-electron chi connectivity index (χ4n) is 3.53. The van der Waals surface area contributed by atoms with Gasteiger partial charge in [0, 0.05) is 44.7 Å². The Bertz CT molecular complexity index is 1430. The first-order chi connectivity index (χ1) is 15.0. The molecule has 0 atom stereocenters. The molecule has 0 unspecified atom stereocenters. The topological polar surface area (TPSA) is 109 Å². The second-order valence-corrected chi connectivity index (χ2v) is 11.1. The molecule has 0 N–H and O–H groups in total. The molecule has 0 spiro atoms. The van der Waals surface area contributed by atoms with Gasteiger partial charge in [0.1, 0.15) is 16.5 Å². The number of imidazole rings is 1. The molecule has 0 saturated carbocycles. The van der Waals surface area contributed by atoms with E-state index in [0.29, 0.717) is 11.6 Å². The average Bonchev–Trinajstić information content (AvgIpc) is 3.13. The summed E-state index contributed by atoms with van der Waals surface area (Å²) in [4.78, 5) is 17.8. The molecule has 1 aliphatic rings. The Kier molecular flexibility index (Phi) is 5.51. The van der Waals surface area contributed by atoms with Gasteiger partial charge in [0.05, 0.1) is 5.52 Å². The van der Waals surface area contributed by atoms with E-state index in [-0.39, 0.29) is 37.0 Å². The van der Waals surface area contributed by atoms with Crippen molar-refractivity contribution in [2.45, 2.75) is 10.1 Å². The van der Waals surface area contributed by atoms with Gasteiger partial charge >= 0.3 is 0 Å². The van der Waals surface area contributed by atoms with E-state index < -0.39 is 42.3 Å². The molecule has 13 heteroatoms. The van der Waals surface area contributed by atoms with Crippen molar-refractivity contribution in [2.75, 3.05) is 32.4 Å². The molecule has 3 aromatic rings. The number of hydrogen-bond acceptors (Lipinski definition) is 6. The number of hydrogen-bond donors (Lipinski definition) is 0. The first-order valence-corrected chi connectivity index (χ1v) is 12.7. The smallest absolute Gasteiger partial charge is 0.274 e. The third-order valence-corrected chi connectivity index (χ3v) is 7.97. The Morgan fingerprint density at radius 2 is 1.69 bits per heavy atom. The van der Waals surface area contributed by atoms with Gasteiger partial charge in [-0.25, -0.2) is 30.6 Å².